The third kappa shape index (κ3) is 73.8. The Morgan fingerprint density at radius 2 is 0.520 bits per heavy atom. The van der Waals surface area contributed by atoms with Crippen molar-refractivity contribution in [2.24, 2.45) is 0 Å². The van der Waals surface area contributed by atoms with Crippen LogP contribution < -0.4 is 0 Å². The molecule has 0 fully saturated rings. The van der Waals surface area contributed by atoms with Crippen LogP contribution in [0.15, 0.2) is 122 Å². The molecule has 0 aliphatic heterocycles. The molecule has 0 saturated heterocycles. The fraction of sp³-hybridized carbons (Fsp3) is 0.711. The molecule has 0 aromatic rings. The van der Waals surface area contributed by atoms with E-state index in [1.165, 1.54) is 89.9 Å². The van der Waals surface area contributed by atoms with Crippen LogP contribution in [-0.4, -0.2) is 96.7 Å². The fourth-order valence-electron chi connectivity index (χ4n) is 10.3. The van der Waals surface area contributed by atoms with Gasteiger partial charge in [0.2, 0.25) is 0 Å². The largest absolute Gasteiger partial charge is 0.472 e. The standard InChI is InChI=1S/C83H142O17P2/c1-5-9-13-17-21-25-29-33-37-38-42-46-50-54-58-62-66-70-83(88)100-79(74-94-81(86)68-64-60-56-52-48-44-40-35-31-27-23-19-15-11-7-3)76-98-102(91,92)96-72-77(84)71-95-101(89,90)97-75-78(99-82(87)69-65-61-57-53-49-45-41-36-32-28-24-20-16-12-8-4)73-93-80(85)67-63-59-55-51-47-43-39-34-30-26-22-18-14-10-6-2/h21,24-28,30-31,33-37,39-42,46,54,58,77-79,84H,5-20,22-23,29,32,38,43-45,47-53,55-57,59-76H2,1-4H3,(H,89,90)(H,91,92)/b25-21-,28-24-,30-26-,31-27-,37-33-,39-34-,40-35-,41-36-,46-42-,58-54-/t77-,78+,79+/m0/s1. The molecule has 0 saturated carbocycles. The minimum Gasteiger partial charge on any atom is -0.462 e. The Hall–Kier alpha value is -4.54. The van der Waals surface area contributed by atoms with Gasteiger partial charge in [0.15, 0.2) is 12.2 Å². The number of rotatable bonds is 74. The van der Waals surface area contributed by atoms with E-state index in [4.69, 9.17) is 37.0 Å². The van der Waals surface area contributed by atoms with E-state index in [2.05, 4.69) is 137 Å². The van der Waals surface area contributed by atoms with Crippen LogP contribution in [-0.2, 0) is 65.4 Å². The lowest BCUT2D eigenvalue weighted by atomic mass is 10.1. The predicted octanol–water partition coefficient (Wildman–Crippen LogP) is 23.1. The lowest BCUT2D eigenvalue weighted by molar-refractivity contribution is -0.161. The van der Waals surface area contributed by atoms with Crippen LogP contribution in [0.3, 0.4) is 0 Å². The van der Waals surface area contributed by atoms with Crippen LogP contribution in [0.2, 0.25) is 0 Å². The van der Waals surface area contributed by atoms with Gasteiger partial charge in [-0.1, -0.05) is 271 Å². The average Bonchev–Trinajstić information content (AvgIpc) is 0.917. The van der Waals surface area contributed by atoms with Crippen LogP contribution in [0.5, 0.6) is 0 Å². The zero-order valence-corrected chi connectivity index (χ0v) is 65.8. The molecule has 3 N–H and O–H groups in total. The van der Waals surface area contributed by atoms with Crippen molar-refractivity contribution in [2.45, 2.75) is 341 Å². The number of phosphoric acid groups is 2. The number of aliphatic hydroxyl groups is 1. The summed E-state index contributed by atoms with van der Waals surface area (Å²) in [4.78, 5) is 73.0. The van der Waals surface area contributed by atoms with Crippen LogP contribution in [0.4, 0.5) is 0 Å². The summed E-state index contributed by atoms with van der Waals surface area (Å²) in [5.41, 5.74) is 0. The van der Waals surface area contributed by atoms with E-state index in [-0.39, 0.29) is 25.7 Å². The first kappa shape index (κ1) is 97.5. The van der Waals surface area contributed by atoms with E-state index in [1.807, 2.05) is 12.2 Å². The molecule has 0 heterocycles. The smallest absolute Gasteiger partial charge is 0.462 e. The topological polar surface area (TPSA) is 237 Å². The third-order valence-corrected chi connectivity index (χ3v) is 18.3. The van der Waals surface area contributed by atoms with Crippen molar-refractivity contribution in [3.05, 3.63) is 122 Å². The van der Waals surface area contributed by atoms with Crippen LogP contribution in [0.1, 0.15) is 323 Å². The maximum absolute atomic E-state index is 13.1. The number of aliphatic hydroxyl groups excluding tert-OH is 1. The van der Waals surface area contributed by atoms with Crippen molar-refractivity contribution in [1.29, 1.82) is 0 Å². The van der Waals surface area contributed by atoms with Crippen LogP contribution >= 0.6 is 15.6 Å². The predicted molar refractivity (Wildman–Crippen MR) is 418 cm³/mol. The van der Waals surface area contributed by atoms with E-state index in [0.717, 1.165) is 148 Å². The summed E-state index contributed by atoms with van der Waals surface area (Å²) in [6, 6.07) is 0. The molecular formula is C83H142O17P2. The molecule has 0 aliphatic carbocycles. The lowest BCUT2D eigenvalue weighted by Crippen LogP contribution is -2.30. The number of allylic oxidation sites excluding steroid dienone is 20. The molecule has 2 unspecified atom stereocenters. The Bertz CT molecular complexity index is 2410. The molecule has 0 bridgehead atoms. The van der Waals surface area contributed by atoms with E-state index in [0.29, 0.717) is 32.1 Å². The second-order valence-corrected chi connectivity index (χ2v) is 29.3. The highest BCUT2D eigenvalue weighted by Crippen LogP contribution is 2.45. The van der Waals surface area contributed by atoms with Gasteiger partial charge in [-0.3, -0.25) is 37.3 Å². The number of phosphoric ester groups is 2. The van der Waals surface area contributed by atoms with Crippen LogP contribution in [0, 0.1) is 0 Å². The summed E-state index contributed by atoms with van der Waals surface area (Å²) in [5, 5.41) is 10.6. The first-order valence-electron chi connectivity index (χ1n) is 39.8. The minimum absolute atomic E-state index is 0.0133. The number of hydrogen-bond donors (Lipinski definition) is 3. The molecule has 102 heavy (non-hydrogen) atoms. The second kappa shape index (κ2) is 74.7. The molecule has 0 aromatic carbocycles. The Balaban J connectivity index is 5.45. The molecular weight excluding hydrogens is 1330 g/mol. The second-order valence-electron chi connectivity index (χ2n) is 26.3. The molecule has 0 spiro atoms. The first-order chi connectivity index (χ1) is 49.7. The van der Waals surface area contributed by atoms with Crippen molar-refractivity contribution in [1.82, 2.24) is 0 Å². The highest BCUT2D eigenvalue weighted by Gasteiger charge is 2.30. The van der Waals surface area contributed by atoms with Gasteiger partial charge in [0.1, 0.15) is 19.3 Å². The Labute approximate surface area is 619 Å². The molecule has 0 aliphatic rings. The Morgan fingerprint density at radius 3 is 0.853 bits per heavy atom. The quantitative estimate of drug-likeness (QED) is 0.0128. The zero-order valence-electron chi connectivity index (χ0n) is 64.0. The number of hydrogen-bond acceptors (Lipinski definition) is 15. The average molecular weight is 1470 g/mol. The Kier molecular flexibility index (Phi) is 71.4. The number of esters is 4. The van der Waals surface area contributed by atoms with Gasteiger partial charge in [-0.25, -0.2) is 9.13 Å². The number of unbranched alkanes of at least 4 members (excludes halogenated alkanes) is 30. The van der Waals surface area contributed by atoms with Gasteiger partial charge in [0, 0.05) is 25.7 Å². The number of carbonyl (C=O) groups is 4. The molecule has 0 amide bonds. The van der Waals surface area contributed by atoms with E-state index >= 15 is 0 Å². The molecule has 19 heteroatoms. The number of ether oxygens (including phenoxy) is 4. The van der Waals surface area contributed by atoms with Gasteiger partial charge in [0.05, 0.1) is 26.4 Å². The third-order valence-electron chi connectivity index (χ3n) is 16.4. The van der Waals surface area contributed by atoms with Crippen molar-refractivity contribution in [2.75, 3.05) is 39.6 Å². The molecule has 0 rings (SSSR count). The molecule has 0 radical (unpaired) electrons. The summed E-state index contributed by atoms with van der Waals surface area (Å²) < 4.78 is 68.5. The highest BCUT2D eigenvalue weighted by molar-refractivity contribution is 7.47. The molecule has 586 valence electrons. The summed E-state index contributed by atoms with van der Waals surface area (Å²) in [6.45, 7) is 4.68. The summed E-state index contributed by atoms with van der Waals surface area (Å²) in [6.07, 6.45) is 81.8. The van der Waals surface area contributed by atoms with E-state index in [1.54, 1.807) is 0 Å². The van der Waals surface area contributed by atoms with Gasteiger partial charge in [-0.05, 0) is 148 Å². The normalized spacial score (nSPS) is 14.5. The van der Waals surface area contributed by atoms with Crippen molar-refractivity contribution in [3.63, 3.8) is 0 Å². The van der Waals surface area contributed by atoms with E-state index < -0.39 is 97.5 Å². The van der Waals surface area contributed by atoms with Crippen molar-refractivity contribution < 1.29 is 80.2 Å². The summed E-state index contributed by atoms with van der Waals surface area (Å²) in [7, 11) is -9.99. The molecule has 0 aromatic heterocycles. The fourth-order valence-corrected chi connectivity index (χ4v) is 11.9. The first-order valence-corrected chi connectivity index (χ1v) is 42.8. The summed E-state index contributed by atoms with van der Waals surface area (Å²) in [5.74, 6) is -2.29. The highest BCUT2D eigenvalue weighted by atomic mass is 31.2. The van der Waals surface area contributed by atoms with Gasteiger partial charge in [-0.2, -0.15) is 0 Å². The zero-order chi connectivity index (χ0) is 74.6. The maximum atomic E-state index is 13.1. The van der Waals surface area contributed by atoms with Gasteiger partial charge in [-0.15, -0.1) is 0 Å². The van der Waals surface area contributed by atoms with Crippen LogP contribution in [0.25, 0.3) is 0 Å². The monoisotopic (exact) mass is 1470 g/mol. The molecule has 17 nitrogen and oxygen atoms in total. The van der Waals surface area contributed by atoms with E-state index in [9.17, 15) is 43.2 Å². The van der Waals surface area contributed by atoms with Gasteiger partial charge >= 0.3 is 39.5 Å². The number of carbonyl (C=O) groups excluding carboxylic acids is 4. The van der Waals surface area contributed by atoms with Crippen molar-refractivity contribution >= 4 is 39.5 Å². The van der Waals surface area contributed by atoms with Gasteiger partial charge in [0.25, 0.3) is 0 Å². The SMILES string of the molecule is CCCCC/C=C\C/C=C\C/C=C\C/C=C\CCCC(=O)O[C@H](COC(=O)CCCCCCC/C=C\C=C/CCCCCC)COP(=O)(O)OC[C@@H](O)COP(=O)(O)OC[C@@H](COC(=O)CCCCCCC/C=C\C=C/CCCCCC)OC(=O)CCCCCCC/C=C\C/C=C\CCCCC. The van der Waals surface area contributed by atoms with Crippen molar-refractivity contribution in [3.8, 4) is 0 Å². The Morgan fingerprint density at radius 1 is 0.284 bits per heavy atom. The summed E-state index contributed by atoms with van der Waals surface area (Å²) >= 11 is 0. The van der Waals surface area contributed by atoms with Gasteiger partial charge < -0.3 is 33.8 Å². The minimum atomic E-state index is -5.00. The maximum Gasteiger partial charge on any atom is 0.472 e. The lowest BCUT2D eigenvalue weighted by Gasteiger charge is -2.21. The molecule has 5 atom stereocenters.